The van der Waals surface area contributed by atoms with E-state index in [0.717, 1.165) is 40.1 Å². The van der Waals surface area contributed by atoms with Crippen LogP contribution in [0, 0.1) is 0 Å². The zero-order valence-corrected chi connectivity index (χ0v) is 23.4. The predicted molar refractivity (Wildman–Crippen MR) is 150 cm³/mol. The number of sulfone groups is 1. The van der Waals surface area contributed by atoms with E-state index < -0.39 is 15.2 Å². The van der Waals surface area contributed by atoms with Crippen LogP contribution in [0.2, 0.25) is 10.0 Å². The van der Waals surface area contributed by atoms with Crippen LogP contribution in [0.15, 0.2) is 71.5 Å². The Hall–Kier alpha value is -2.76. The highest BCUT2D eigenvalue weighted by Crippen LogP contribution is 2.32. The Morgan fingerprint density at radius 1 is 1.11 bits per heavy atom. The molecule has 1 fully saturated rings. The van der Waals surface area contributed by atoms with Gasteiger partial charge in [0, 0.05) is 33.6 Å². The van der Waals surface area contributed by atoms with Crippen molar-refractivity contribution < 1.29 is 13.2 Å². The highest BCUT2D eigenvalue weighted by atomic mass is 35.5. The van der Waals surface area contributed by atoms with Crippen LogP contribution in [0.5, 0.6) is 0 Å². The summed E-state index contributed by atoms with van der Waals surface area (Å²) in [5.41, 5.74) is 2.13. The lowest BCUT2D eigenvalue weighted by Crippen LogP contribution is -2.44. The van der Waals surface area contributed by atoms with Gasteiger partial charge in [-0.3, -0.25) is 9.69 Å². The van der Waals surface area contributed by atoms with Crippen molar-refractivity contribution in [2.75, 3.05) is 13.1 Å². The molecule has 1 N–H and O–H groups in total. The van der Waals surface area contributed by atoms with Gasteiger partial charge >= 0.3 is 0 Å². The second-order valence-corrected chi connectivity index (χ2v) is 13.3. The number of nitrogens with one attached hydrogen (secondary N) is 1. The highest BCUT2D eigenvalue weighted by molar-refractivity contribution is 7.94. The van der Waals surface area contributed by atoms with Crippen molar-refractivity contribution in [2.45, 2.75) is 35.0 Å². The van der Waals surface area contributed by atoms with E-state index in [1.165, 1.54) is 6.08 Å². The van der Waals surface area contributed by atoms with Crippen molar-refractivity contribution >= 4 is 61.3 Å². The monoisotopic (exact) mass is 589 g/mol. The van der Waals surface area contributed by atoms with Crippen LogP contribution in [0.4, 0.5) is 0 Å². The molecule has 1 atom stereocenters. The summed E-state index contributed by atoms with van der Waals surface area (Å²) < 4.78 is 29.2. The summed E-state index contributed by atoms with van der Waals surface area (Å²) in [6, 6.07) is 15.5. The van der Waals surface area contributed by atoms with Crippen molar-refractivity contribution in [2.24, 2.45) is 0 Å². The smallest absolute Gasteiger partial charge is 0.251 e. The van der Waals surface area contributed by atoms with E-state index in [2.05, 4.69) is 22.2 Å². The summed E-state index contributed by atoms with van der Waals surface area (Å²) in [6.45, 7) is 5.19. The lowest BCUT2D eigenvalue weighted by atomic mass is 10.0. The number of likely N-dealkylation sites (tertiary alicyclic amines) is 1. The Morgan fingerprint density at radius 2 is 1.82 bits per heavy atom. The fourth-order valence-electron chi connectivity index (χ4n) is 4.63. The average Bonchev–Trinajstić information content (AvgIpc) is 3.56. The normalized spacial score (nSPS) is 15.9. The number of benzene rings is 2. The van der Waals surface area contributed by atoms with Gasteiger partial charge in [-0.15, -0.1) is 23.0 Å². The standard InChI is InChI=1S/C26H25Cl2N5O3S2/c1-2-24(32-13-11-20(12-14-32)33-23-15-19(28)7-9-22(23)30-31-33)38(35,36)25-10-8-21(37-25)16-29-26(34)17-3-5-18(27)6-4-17/h2-10,15,20,24H,1,11-14,16H2,(H,29,34). The van der Waals surface area contributed by atoms with Gasteiger partial charge < -0.3 is 5.32 Å². The SMILES string of the molecule is C=CC(N1CCC(n2nnc3ccc(Cl)cc32)CC1)S(=O)(=O)c1ccc(CNC(=O)c2ccc(Cl)cc2)s1. The molecule has 0 bridgehead atoms. The topological polar surface area (TPSA) is 97.2 Å². The first-order valence-corrected chi connectivity index (χ1v) is 15.1. The molecule has 1 aliphatic heterocycles. The van der Waals surface area contributed by atoms with E-state index in [4.69, 9.17) is 23.2 Å². The molecule has 1 amide bonds. The number of piperidine rings is 1. The second-order valence-electron chi connectivity index (χ2n) is 9.02. The van der Waals surface area contributed by atoms with Crippen LogP contribution in [-0.4, -0.2) is 52.7 Å². The van der Waals surface area contributed by atoms with Gasteiger partial charge in [0.25, 0.3) is 5.91 Å². The number of fused-ring (bicyclic) bond motifs is 1. The van der Waals surface area contributed by atoms with Gasteiger partial charge in [0.1, 0.15) is 15.1 Å². The maximum Gasteiger partial charge on any atom is 0.251 e. The molecule has 5 rings (SSSR count). The summed E-state index contributed by atoms with van der Waals surface area (Å²) >= 11 is 13.2. The maximum absolute atomic E-state index is 13.5. The van der Waals surface area contributed by atoms with Crippen molar-refractivity contribution in [3.8, 4) is 0 Å². The van der Waals surface area contributed by atoms with Crippen molar-refractivity contribution in [3.63, 3.8) is 0 Å². The molecule has 0 radical (unpaired) electrons. The molecule has 0 spiro atoms. The van der Waals surface area contributed by atoms with Gasteiger partial charge in [0.15, 0.2) is 0 Å². The first-order valence-electron chi connectivity index (χ1n) is 12.0. The molecule has 1 unspecified atom stereocenters. The quantitative estimate of drug-likeness (QED) is 0.278. The van der Waals surface area contributed by atoms with Crippen molar-refractivity contribution in [1.29, 1.82) is 0 Å². The summed E-state index contributed by atoms with van der Waals surface area (Å²) in [4.78, 5) is 15.1. The van der Waals surface area contributed by atoms with Crippen LogP contribution in [0.25, 0.3) is 11.0 Å². The first-order chi connectivity index (χ1) is 18.3. The van der Waals surface area contributed by atoms with E-state index in [0.29, 0.717) is 28.7 Å². The third kappa shape index (κ3) is 5.50. The minimum atomic E-state index is -3.69. The number of rotatable bonds is 8. The average molecular weight is 591 g/mol. The summed E-state index contributed by atoms with van der Waals surface area (Å²) in [7, 11) is -3.69. The molecule has 198 valence electrons. The zero-order valence-electron chi connectivity index (χ0n) is 20.3. The van der Waals surface area contributed by atoms with Crippen LogP contribution < -0.4 is 5.32 Å². The number of aromatic nitrogens is 3. The van der Waals surface area contributed by atoms with E-state index in [9.17, 15) is 13.2 Å². The zero-order chi connectivity index (χ0) is 26.9. The second kappa shape index (κ2) is 11.2. The molecule has 2 aromatic carbocycles. The minimum absolute atomic E-state index is 0.0977. The Kier molecular flexibility index (Phi) is 7.88. The molecule has 4 aromatic rings. The molecular formula is C26H25Cl2N5O3S2. The summed E-state index contributed by atoms with van der Waals surface area (Å²) in [6.07, 6.45) is 2.93. The minimum Gasteiger partial charge on any atom is -0.347 e. The van der Waals surface area contributed by atoms with Gasteiger partial charge in [0.05, 0.1) is 18.1 Å². The summed E-state index contributed by atoms with van der Waals surface area (Å²) in [5.74, 6) is -0.256. The molecule has 3 heterocycles. The number of hydrogen-bond donors (Lipinski definition) is 1. The molecule has 12 heteroatoms. The Morgan fingerprint density at radius 3 is 2.53 bits per heavy atom. The van der Waals surface area contributed by atoms with Gasteiger partial charge in [-0.25, -0.2) is 13.1 Å². The number of carbonyl (C=O) groups is 1. The van der Waals surface area contributed by atoms with Gasteiger partial charge in [-0.2, -0.15) is 0 Å². The Balaban J connectivity index is 1.23. The molecule has 0 saturated carbocycles. The molecule has 0 aliphatic carbocycles. The largest absolute Gasteiger partial charge is 0.347 e. The lowest BCUT2D eigenvalue weighted by Gasteiger charge is -2.35. The first kappa shape index (κ1) is 26.8. The molecule has 1 saturated heterocycles. The summed E-state index contributed by atoms with van der Waals surface area (Å²) in [5, 5.41) is 11.7. The Bertz CT molecular complexity index is 1580. The highest BCUT2D eigenvalue weighted by Gasteiger charge is 2.35. The maximum atomic E-state index is 13.5. The van der Waals surface area contributed by atoms with E-state index >= 15 is 0 Å². The number of nitrogens with zero attached hydrogens (tertiary/aromatic N) is 4. The van der Waals surface area contributed by atoms with E-state index in [1.807, 2.05) is 21.7 Å². The number of carbonyl (C=O) groups excluding carboxylic acids is 1. The predicted octanol–water partition coefficient (Wildman–Crippen LogP) is 5.35. The van der Waals surface area contributed by atoms with Gasteiger partial charge in [-0.05, 0) is 67.4 Å². The van der Waals surface area contributed by atoms with E-state index in [1.54, 1.807) is 42.5 Å². The van der Waals surface area contributed by atoms with Crippen molar-refractivity contribution in [3.05, 3.63) is 87.7 Å². The number of thiophene rings is 1. The molecule has 38 heavy (non-hydrogen) atoms. The molecule has 2 aromatic heterocycles. The van der Waals surface area contributed by atoms with Gasteiger partial charge in [0.2, 0.25) is 9.84 Å². The third-order valence-electron chi connectivity index (χ3n) is 6.60. The van der Waals surface area contributed by atoms with E-state index in [-0.39, 0.29) is 22.7 Å². The molecular weight excluding hydrogens is 565 g/mol. The van der Waals surface area contributed by atoms with Crippen LogP contribution in [0.3, 0.4) is 0 Å². The fraction of sp³-hybridized carbons (Fsp3) is 0.269. The lowest BCUT2D eigenvalue weighted by molar-refractivity contribution is 0.0951. The fourth-order valence-corrected chi connectivity index (χ4v) is 8.03. The van der Waals surface area contributed by atoms with Crippen LogP contribution in [-0.2, 0) is 16.4 Å². The number of hydrogen-bond acceptors (Lipinski definition) is 7. The van der Waals surface area contributed by atoms with Crippen LogP contribution >= 0.6 is 34.5 Å². The van der Waals surface area contributed by atoms with Crippen molar-refractivity contribution in [1.82, 2.24) is 25.2 Å². The molecule has 1 aliphatic rings. The number of halogens is 2. The molecule has 8 nitrogen and oxygen atoms in total. The number of amides is 1. The Labute approximate surface area is 234 Å². The van der Waals surface area contributed by atoms with Crippen LogP contribution in [0.1, 0.15) is 34.1 Å². The van der Waals surface area contributed by atoms with Gasteiger partial charge in [-0.1, -0.05) is 34.5 Å². The third-order valence-corrected chi connectivity index (χ3v) is 10.7.